The molecule has 2 aliphatic rings. The number of fused-ring (bicyclic) bond motifs is 1. The van der Waals surface area contributed by atoms with Gasteiger partial charge < -0.3 is 0 Å². The molecule has 2 fully saturated rings. The van der Waals surface area contributed by atoms with Crippen LogP contribution in [-0.4, -0.2) is 0 Å². The first-order valence-corrected chi connectivity index (χ1v) is 7.70. The van der Waals surface area contributed by atoms with Gasteiger partial charge in [0.15, 0.2) is 0 Å². The molecule has 0 heteroatoms. The van der Waals surface area contributed by atoms with Crippen LogP contribution >= 0.6 is 0 Å². The molecule has 0 aliphatic heterocycles. The molecule has 0 aromatic carbocycles. The molecule has 2 aliphatic carbocycles. The molecule has 0 amide bonds. The smallest absolute Gasteiger partial charge is 0.0210 e. The average Bonchev–Trinajstić information content (AvgIpc) is 2.99. The van der Waals surface area contributed by atoms with E-state index in [9.17, 15) is 0 Å². The van der Waals surface area contributed by atoms with Gasteiger partial charge in [0, 0.05) is 0 Å². The molecule has 8 unspecified atom stereocenters. The monoisotopic (exact) mass is 234 g/mol. The summed E-state index contributed by atoms with van der Waals surface area (Å²) in [7, 11) is 0. The van der Waals surface area contributed by atoms with Gasteiger partial charge in [0.05, 0.1) is 0 Å². The second kappa shape index (κ2) is 4.78. The Morgan fingerprint density at radius 2 is 1.71 bits per heavy atom. The van der Waals surface area contributed by atoms with E-state index in [0.717, 1.165) is 47.3 Å². The van der Waals surface area contributed by atoms with Crippen molar-refractivity contribution >= 4 is 0 Å². The summed E-state index contributed by atoms with van der Waals surface area (Å²) in [6, 6.07) is 0. The van der Waals surface area contributed by atoms with Gasteiger partial charge in [-0.3, -0.25) is 0 Å². The predicted molar refractivity (Wildman–Crippen MR) is 75.7 cm³/mol. The van der Waals surface area contributed by atoms with Crippen LogP contribution in [0.25, 0.3) is 0 Å². The molecule has 98 valence electrons. The second-order valence-electron chi connectivity index (χ2n) is 6.72. The fourth-order valence-corrected chi connectivity index (χ4v) is 4.96. The highest BCUT2D eigenvalue weighted by molar-refractivity contribution is 5.16. The molecule has 0 bridgehead atoms. The summed E-state index contributed by atoms with van der Waals surface area (Å²) in [6.45, 7) is 16.1. The van der Waals surface area contributed by atoms with Crippen molar-refractivity contribution in [3.05, 3.63) is 12.7 Å². The van der Waals surface area contributed by atoms with Crippen molar-refractivity contribution in [3.8, 4) is 0 Å². The van der Waals surface area contributed by atoms with Crippen molar-refractivity contribution in [2.75, 3.05) is 0 Å². The Bertz CT molecular complexity index is 280. The van der Waals surface area contributed by atoms with Crippen LogP contribution < -0.4 is 0 Å². The summed E-state index contributed by atoms with van der Waals surface area (Å²) >= 11 is 0. The van der Waals surface area contributed by atoms with Gasteiger partial charge in [-0.25, -0.2) is 0 Å². The molecule has 0 spiro atoms. The Kier molecular flexibility index (Phi) is 3.71. The third-order valence-electron chi connectivity index (χ3n) is 6.21. The molecule has 0 N–H and O–H groups in total. The minimum Gasteiger partial charge on any atom is -0.103 e. The summed E-state index contributed by atoms with van der Waals surface area (Å²) in [4.78, 5) is 0. The maximum absolute atomic E-state index is 4.03. The molecule has 0 nitrogen and oxygen atoms in total. The summed E-state index contributed by atoms with van der Waals surface area (Å²) in [5.74, 6) is 7.72. The second-order valence-corrected chi connectivity index (χ2v) is 6.72. The quantitative estimate of drug-likeness (QED) is 0.567. The lowest BCUT2D eigenvalue weighted by molar-refractivity contribution is 0.0848. The van der Waals surface area contributed by atoms with Crippen LogP contribution in [-0.2, 0) is 0 Å². The molecule has 0 aromatic heterocycles. The predicted octanol–water partition coefficient (Wildman–Crippen LogP) is 5.01. The SMILES string of the molecule is C=CC(CC)C(C)C1C(C)C2C(C(C)CC)C12. The molecular formula is C17H30. The van der Waals surface area contributed by atoms with Crippen LogP contribution in [0.5, 0.6) is 0 Å². The largest absolute Gasteiger partial charge is 0.103 e. The van der Waals surface area contributed by atoms with Crippen molar-refractivity contribution in [1.29, 1.82) is 0 Å². The van der Waals surface area contributed by atoms with E-state index in [1.807, 2.05) is 0 Å². The van der Waals surface area contributed by atoms with Crippen molar-refractivity contribution in [2.24, 2.45) is 47.3 Å². The number of hydrogen-bond acceptors (Lipinski definition) is 0. The third kappa shape index (κ3) is 1.88. The summed E-state index contributed by atoms with van der Waals surface area (Å²) in [5, 5.41) is 0. The van der Waals surface area contributed by atoms with E-state index >= 15 is 0 Å². The van der Waals surface area contributed by atoms with Crippen LogP contribution in [0.3, 0.4) is 0 Å². The highest BCUT2D eigenvalue weighted by atomic mass is 14.7. The Morgan fingerprint density at radius 3 is 2.18 bits per heavy atom. The lowest BCUT2D eigenvalue weighted by atomic mass is 9.64. The Balaban J connectivity index is 1.99. The normalized spacial score (nSPS) is 44.2. The van der Waals surface area contributed by atoms with Gasteiger partial charge in [-0.05, 0) is 53.8 Å². The van der Waals surface area contributed by atoms with Gasteiger partial charge in [-0.1, -0.05) is 47.1 Å². The zero-order chi connectivity index (χ0) is 12.7. The maximum atomic E-state index is 4.03. The van der Waals surface area contributed by atoms with E-state index in [1.165, 1.54) is 12.8 Å². The van der Waals surface area contributed by atoms with Gasteiger partial charge in [0.25, 0.3) is 0 Å². The van der Waals surface area contributed by atoms with Crippen LogP contribution in [0.1, 0.15) is 47.5 Å². The molecular weight excluding hydrogens is 204 g/mol. The molecule has 0 heterocycles. The first-order valence-electron chi connectivity index (χ1n) is 7.70. The Hall–Kier alpha value is -0.260. The molecule has 0 radical (unpaired) electrons. The van der Waals surface area contributed by atoms with Gasteiger partial charge >= 0.3 is 0 Å². The summed E-state index contributed by atoms with van der Waals surface area (Å²) in [5.41, 5.74) is 0. The third-order valence-corrected chi connectivity index (χ3v) is 6.21. The van der Waals surface area contributed by atoms with Crippen LogP contribution in [0.4, 0.5) is 0 Å². The van der Waals surface area contributed by atoms with E-state index in [4.69, 9.17) is 0 Å². The van der Waals surface area contributed by atoms with Crippen LogP contribution in [0.2, 0.25) is 0 Å². The first-order chi connectivity index (χ1) is 8.08. The van der Waals surface area contributed by atoms with Crippen molar-refractivity contribution in [3.63, 3.8) is 0 Å². The summed E-state index contributed by atoms with van der Waals surface area (Å²) in [6.07, 6.45) is 4.83. The van der Waals surface area contributed by atoms with Crippen molar-refractivity contribution in [1.82, 2.24) is 0 Å². The highest BCUT2D eigenvalue weighted by Crippen LogP contribution is 2.73. The van der Waals surface area contributed by atoms with Gasteiger partial charge in [0.2, 0.25) is 0 Å². The van der Waals surface area contributed by atoms with E-state index in [2.05, 4.69) is 47.3 Å². The van der Waals surface area contributed by atoms with Crippen LogP contribution in [0, 0.1) is 47.3 Å². The minimum absolute atomic E-state index is 0.738. The van der Waals surface area contributed by atoms with E-state index in [-0.39, 0.29) is 0 Å². The number of hydrogen-bond donors (Lipinski definition) is 0. The van der Waals surface area contributed by atoms with E-state index in [0.29, 0.717) is 0 Å². The molecule has 2 saturated carbocycles. The molecule has 0 aromatic rings. The molecule has 17 heavy (non-hydrogen) atoms. The van der Waals surface area contributed by atoms with Gasteiger partial charge in [-0.2, -0.15) is 0 Å². The van der Waals surface area contributed by atoms with Crippen LogP contribution in [0.15, 0.2) is 12.7 Å². The molecule has 2 rings (SSSR count). The fraction of sp³-hybridized carbons (Fsp3) is 0.882. The lowest BCUT2D eigenvalue weighted by Gasteiger charge is -2.40. The lowest BCUT2D eigenvalue weighted by Crippen LogP contribution is -2.35. The van der Waals surface area contributed by atoms with Gasteiger partial charge in [0.1, 0.15) is 0 Å². The standard InChI is InChI=1S/C17H30/c1-7-10(4)14-16-12(6)15(17(14)16)11(5)13(8-2)9-3/h8,10-17H,2,7,9H2,1,3-6H3. The zero-order valence-corrected chi connectivity index (χ0v) is 12.3. The van der Waals surface area contributed by atoms with E-state index < -0.39 is 0 Å². The van der Waals surface area contributed by atoms with Gasteiger partial charge in [-0.15, -0.1) is 6.58 Å². The van der Waals surface area contributed by atoms with E-state index in [1.54, 1.807) is 0 Å². The average molecular weight is 234 g/mol. The zero-order valence-electron chi connectivity index (χ0n) is 12.3. The minimum atomic E-state index is 0.738. The Labute approximate surface area is 108 Å². The highest BCUT2D eigenvalue weighted by Gasteiger charge is 2.68. The fourth-order valence-electron chi connectivity index (χ4n) is 4.96. The topological polar surface area (TPSA) is 0 Å². The maximum Gasteiger partial charge on any atom is -0.0210 e. The number of rotatable bonds is 6. The molecule has 8 atom stereocenters. The number of allylic oxidation sites excluding steroid dienone is 1. The van der Waals surface area contributed by atoms with Crippen molar-refractivity contribution in [2.45, 2.75) is 47.5 Å². The molecule has 0 saturated heterocycles. The van der Waals surface area contributed by atoms with Crippen molar-refractivity contribution < 1.29 is 0 Å². The summed E-state index contributed by atoms with van der Waals surface area (Å²) < 4.78 is 0. The Morgan fingerprint density at radius 1 is 1.06 bits per heavy atom. The first kappa shape index (κ1) is 13.2.